The van der Waals surface area contributed by atoms with E-state index in [2.05, 4.69) is 16.0 Å². The van der Waals surface area contributed by atoms with Crippen LogP contribution in [0.1, 0.15) is 10.4 Å². The molecule has 3 N–H and O–H groups in total. The Hall–Kier alpha value is -1.39. The first kappa shape index (κ1) is 11.1. The van der Waals surface area contributed by atoms with Crippen LogP contribution in [-0.4, -0.2) is 38.1 Å². The van der Waals surface area contributed by atoms with Crippen molar-refractivity contribution in [3.8, 4) is 0 Å². The van der Waals surface area contributed by atoms with Gasteiger partial charge in [0.15, 0.2) is 0 Å². The first-order chi connectivity index (χ1) is 7.86. The lowest BCUT2D eigenvalue weighted by Gasteiger charge is -2.28. The number of nitrogens with one attached hydrogen (secondary N) is 3. The van der Waals surface area contributed by atoms with Gasteiger partial charge in [-0.2, -0.15) is 0 Å². The van der Waals surface area contributed by atoms with Gasteiger partial charge in [-0.05, 0) is 12.1 Å². The van der Waals surface area contributed by atoms with Gasteiger partial charge in [0, 0.05) is 37.8 Å². The molecule has 1 aliphatic rings. The number of hydrogen-bond acceptors (Lipinski definition) is 3. The van der Waals surface area contributed by atoms with Crippen molar-refractivity contribution in [2.45, 2.75) is 6.04 Å². The second kappa shape index (κ2) is 5.63. The lowest BCUT2D eigenvalue weighted by atomic mass is 10.2. The van der Waals surface area contributed by atoms with Gasteiger partial charge in [-0.1, -0.05) is 18.2 Å². The van der Waals surface area contributed by atoms with Gasteiger partial charge in [-0.3, -0.25) is 4.79 Å². The predicted molar refractivity (Wildman–Crippen MR) is 63.4 cm³/mol. The van der Waals surface area contributed by atoms with Crippen molar-refractivity contribution < 1.29 is 4.79 Å². The fourth-order valence-corrected chi connectivity index (χ4v) is 1.58. The third-order valence-electron chi connectivity index (χ3n) is 2.66. The van der Waals surface area contributed by atoms with Crippen LogP contribution in [-0.2, 0) is 0 Å². The van der Waals surface area contributed by atoms with E-state index in [1.165, 1.54) is 0 Å². The van der Waals surface area contributed by atoms with Crippen molar-refractivity contribution in [3.63, 3.8) is 0 Å². The Morgan fingerprint density at radius 2 is 2.00 bits per heavy atom. The van der Waals surface area contributed by atoms with E-state index in [0.717, 1.165) is 19.6 Å². The molecule has 4 nitrogen and oxygen atoms in total. The molecule has 0 aliphatic carbocycles. The van der Waals surface area contributed by atoms with Crippen LogP contribution in [0, 0.1) is 0 Å². The Bertz CT molecular complexity index is 335. The van der Waals surface area contributed by atoms with Crippen LogP contribution in [0.3, 0.4) is 0 Å². The van der Waals surface area contributed by atoms with E-state index in [1.54, 1.807) is 0 Å². The second-order valence-corrected chi connectivity index (χ2v) is 3.93. The van der Waals surface area contributed by atoms with Crippen molar-refractivity contribution >= 4 is 5.91 Å². The minimum Gasteiger partial charge on any atom is -0.351 e. The van der Waals surface area contributed by atoms with Crippen molar-refractivity contribution in [1.29, 1.82) is 0 Å². The molecule has 2 rings (SSSR count). The van der Waals surface area contributed by atoms with Gasteiger partial charge in [0.2, 0.25) is 0 Å². The summed E-state index contributed by atoms with van der Waals surface area (Å²) in [5.74, 6) is -0.00543. The number of rotatable bonds is 5. The third-order valence-corrected chi connectivity index (χ3v) is 2.66. The van der Waals surface area contributed by atoms with Crippen LogP contribution in [0.15, 0.2) is 30.3 Å². The van der Waals surface area contributed by atoms with Gasteiger partial charge in [0.25, 0.3) is 5.91 Å². The topological polar surface area (TPSA) is 53.2 Å². The van der Waals surface area contributed by atoms with Gasteiger partial charge >= 0.3 is 0 Å². The molecule has 0 atom stereocenters. The summed E-state index contributed by atoms with van der Waals surface area (Å²) in [6.07, 6.45) is 0. The first-order valence-corrected chi connectivity index (χ1v) is 5.63. The maximum absolute atomic E-state index is 11.6. The fourth-order valence-electron chi connectivity index (χ4n) is 1.58. The lowest BCUT2D eigenvalue weighted by molar-refractivity contribution is 0.0953. The monoisotopic (exact) mass is 219 g/mol. The molecule has 0 unspecified atom stereocenters. The highest BCUT2D eigenvalue weighted by atomic mass is 16.1. The zero-order chi connectivity index (χ0) is 11.2. The SMILES string of the molecule is O=C(NCCNC1CNC1)c1ccccc1. The third kappa shape index (κ3) is 3.05. The van der Waals surface area contributed by atoms with Gasteiger partial charge < -0.3 is 16.0 Å². The Morgan fingerprint density at radius 1 is 1.25 bits per heavy atom. The summed E-state index contributed by atoms with van der Waals surface area (Å²) >= 11 is 0. The van der Waals surface area contributed by atoms with Crippen molar-refractivity contribution in [2.75, 3.05) is 26.2 Å². The number of carbonyl (C=O) groups is 1. The van der Waals surface area contributed by atoms with Crippen LogP contribution < -0.4 is 16.0 Å². The zero-order valence-corrected chi connectivity index (χ0v) is 9.20. The lowest BCUT2D eigenvalue weighted by Crippen LogP contribution is -2.56. The summed E-state index contributed by atoms with van der Waals surface area (Å²) in [5.41, 5.74) is 0.716. The van der Waals surface area contributed by atoms with Crippen LogP contribution in [0.4, 0.5) is 0 Å². The summed E-state index contributed by atoms with van der Waals surface area (Å²) in [5, 5.41) is 9.42. The number of hydrogen-bond donors (Lipinski definition) is 3. The van der Waals surface area contributed by atoms with E-state index in [-0.39, 0.29) is 5.91 Å². The van der Waals surface area contributed by atoms with Crippen molar-refractivity contribution in [3.05, 3.63) is 35.9 Å². The molecule has 0 bridgehead atoms. The molecule has 16 heavy (non-hydrogen) atoms. The molecule has 0 aromatic heterocycles. The Kier molecular flexibility index (Phi) is 3.91. The highest BCUT2D eigenvalue weighted by Crippen LogP contribution is 1.97. The molecule has 1 fully saturated rings. The maximum Gasteiger partial charge on any atom is 0.251 e. The van der Waals surface area contributed by atoms with Crippen LogP contribution >= 0.6 is 0 Å². The average molecular weight is 219 g/mol. The van der Waals surface area contributed by atoms with Gasteiger partial charge in [0.1, 0.15) is 0 Å². The molecule has 0 saturated carbocycles. The quantitative estimate of drug-likeness (QED) is 0.610. The molecular formula is C12H17N3O. The summed E-state index contributed by atoms with van der Waals surface area (Å²) in [4.78, 5) is 11.6. The first-order valence-electron chi connectivity index (χ1n) is 5.63. The largest absolute Gasteiger partial charge is 0.351 e. The standard InChI is InChI=1S/C12H17N3O/c16-12(10-4-2-1-3-5-10)15-7-6-14-11-8-13-9-11/h1-5,11,13-14H,6-9H2,(H,15,16). The molecular weight excluding hydrogens is 202 g/mol. The summed E-state index contributed by atoms with van der Waals surface area (Å²) in [6, 6.07) is 9.85. The predicted octanol–water partition coefficient (Wildman–Crippen LogP) is -0.0222. The van der Waals surface area contributed by atoms with E-state index in [4.69, 9.17) is 0 Å². The Labute approximate surface area is 95.4 Å². The van der Waals surface area contributed by atoms with Crippen LogP contribution in [0.25, 0.3) is 0 Å². The minimum absolute atomic E-state index is 0.00543. The molecule has 4 heteroatoms. The van der Waals surface area contributed by atoms with E-state index >= 15 is 0 Å². The molecule has 1 saturated heterocycles. The second-order valence-electron chi connectivity index (χ2n) is 3.93. The Balaban J connectivity index is 1.64. The number of amides is 1. The van der Waals surface area contributed by atoms with E-state index in [1.807, 2.05) is 30.3 Å². The zero-order valence-electron chi connectivity index (χ0n) is 9.20. The smallest absolute Gasteiger partial charge is 0.251 e. The molecule has 0 spiro atoms. The molecule has 1 aliphatic heterocycles. The minimum atomic E-state index is -0.00543. The van der Waals surface area contributed by atoms with Gasteiger partial charge in [-0.25, -0.2) is 0 Å². The van der Waals surface area contributed by atoms with Gasteiger partial charge in [0.05, 0.1) is 0 Å². The number of benzene rings is 1. The fraction of sp³-hybridized carbons (Fsp3) is 0.417. The highest BCUT2D eigenvalue weighted by Gasteiger charge is 2.14. The number of carbonyl (C=O) groups excluding carboxylic acids is 1. The molecule has 1 heterocycles. The normalized spacial score (nSPS) is 15.5. The summed E-state index contributed by atoms with van der Waals surface area (Å²) in [6.45, 7) is 3.56. The Morgan fingerprint density at radius 3 is 2.62 bits per heavy atom. The highest BCUT2D eigenvalue weighted by molar-refractivity contribution is 5.94. The van der Waals surface area contributed by atoms with E-state index in [9.17, 15) is 4.79 Å². The van der Waals surface area contributed by atoms with Crippen LogP contribution in [0.5, 0.6) is 0 Å². The van der Waals surface area contributed by atoms with Crippen LogP contribution in [0.2, 0.25) is 0 Å². The van der Waals surface area contributed by atoms with Gasteiger partial charge in [-0.15, -0.1) is 0 Å². The van der Waals surface area contributed by atoms with E-state index < -0.39 is 0 Å². The molecule has 1 aromatic carbocycles. The van der Waals surface area contributed by atoms with E-state index in [0.29, 0.717) is 18.2 Å². The molecule has 1 aromatic rings. The maximum atomic E-state index is 11.6. The summed E-state index contributed by atoms with van der Waals surface area (Å²) < 4.78 is 0. The average Bonchev–Trinajstić information content (AvgIpc) is 2.27. The molecule has 1 amide bonds. The van der Waals surface area contributed by atoms with Crippen molar-refractivity contribution in [1.82, 2.24) is 16.0 Å². The molecule has 0 radical (unpaired) electrons. The summed E-state index contributed by atoms with van der Waals surface area (Å²) in [7, 11) is 0. The van der Waals surface area contributed by atoms with Crippen molar-refractivity contribution in [2.24, 2.45) is 0 Å². The molecule has 86 valence electrons.